The van der Waals surface area contributed by atoms with Crippen molar-refractivity contribution in [3.05, 3.63) is 71.3 Å². The van der Waals surface area contributed by atoms with E-state index < -0.39 is 0 Å². The van der Waals surface area contributed by atoms with Crippen LogP contribution in [-0.4, -0.2) is 43.5 Å². The molecule has 0 N–H and O–H groups in total. The smallest absolute Gasteiger partial charge is 0.164 e. The van der Waals surface area contributed by atoms with Crippen molar-refractivity contribution >= 4 is 16.6 Å². The van der Waals surface area contributed by atoms with Gasteiger partial charge in [0.05, 0.1) is 0 Å². The summed E-state index contributed by atoms with van der Waals surface area (Å²) in [5.41, 5.74) is 3.51. The van der Waals surface area contributed by atoms with Gasteiger partial charge in [-0.25, -0.2) is 0 Å². The molecule has 4 heteroatoms. The largest absolute Gasteiger partial charge is 0.486 e. The zero-order valence-electron chi connectivity index (χ0n) is 17.4. The van der Waals surface area contributed by atoms with E-state index in [1.54, 1.807) is 0 Å². The quantitative estimate of drug-likeness (QED) is 0.565. The number of benzene rings is 3. The predicted octanol–water partition coefficient (Wildman–Crippen LogP) is 4.98. The van der Waals surface area contributed by atoms with Gasteiger partial charge >= 0.3 is 0 Å². The number of hydrogen-bond acceptors (Lipinski definition) is 4. The highest BCUT2D eigenvalue weighted by atomic mass is 16.6. The average Bonchev–Trinajstić information content (AvgIpc) is 3.25. The van der Waals surface area contributed by atoms with Gasteiger partial charge in [0.15, 0.2) is 17.3 Å². The Morgan fingerprint density at radius 1 is 1.00 bits per heavy atom. The Bertz CT molecular complexity index is 1090. The Kier molecular flexibility index (Phi) is 5.17. The Morgan fingerprint density at radius 2 is 1.80 bits per heavy atom. The maximum atomic E-state index is 12.8. The molecule has 3 aromatic rings. The predicted molar refractivity (Wildman–Crippen MR) is 119 cm³/mol. The van der Waals surface area contributed by atoms with Gasteiger partial charge in [-0.2, -0.15) is 0 Å². The number of rotatable bonds is 5. The molecule has 30 heavy (non-hydrogen) atoms. The lowest BCUT2D eigenvalue weighted by molar-refractivity contribution is 0.0969. The van der Waals surface area contributed by atoms with Crippen LogP contribution in [0.2, 0.25) is 0 Å². The van der Waals surface area contributed by atoms with E-state index in [0.29, 0.717) is 25.6 Å². The van der Waals surface area contributed by atoms with E-state index in [9.17, 15) is 4.79 Å². The van der Waals surface area contributed by atoms with Crippen molar-refractivity contribution in [1.82, 2.24) is 4.90 Å². The molecule has 0 aromatic heterocycles. The summed E-state index contributed by atoms with van der Waals surface area (Å²) in [5, 5.41) is 2.09. The minimum atomic E-state index is 0.200. The number of ether oxygens (including phenoxy) is 2. The van der Waals surface area contributed by atoms with Crippen molar-refractivity contribution in [1.29, 1.82) is 0 Å². The van der Waals surface area contributed by atoms with Gasteiger partial charge in [0, 0.05) is 25.1 Å². The zero-order valence-corrected chi connectivity index (χ0v) is 17.4. The molecule has 4 nitrogen and oxygen atoms in total. The molecule has 5 rings (SSSR count). The first-order valence-corrected chi connectivity index (χ1v) is 10.8. The van der Waals surface area contributed by atoms with Gasteiger partial charge in [0.25, 0.3) is 0 Å². The maximum Gasteiger partial charge on any atom is 0.164 e. The van der Waals surface area contributed by atoms with Crippen molar-refractivity contribution in [2.75, 3.05) is 32.8 Å². The third-order valence-corrected chi connectivity index (χ3v) is 6.26. The van der Waals surface area contributed by atoms with Crippen LogP contribution in [0.25, 0.3) is 10.8 Å². The molecular formula is C26H27NO3. The molecule has 0 amide bonds. The molecule has 1 fully saturated rings. The monoisotopic (exact) mass is 401 g/mol. The summed E-state index contributed by atoms with van der Waals surface area (Å²) in [7, 11) is 0. The molecule has 3 aromatic carbocycles. The molecule has 1 atom stereocenters. The third kappa shape index (κ3) is 3.92. The Morgan fingerprint density at radius 3 is 2.60 bits per heavy atom. The molecule has 1 saturated heterocycles. The SMILES string of the molecule is Cc1cccc(C2CCN(CCC(=O)c3ccc4cc5c(cc4c3)OCCO5)C2)c1. The fraction of sp³-hybridized carbons (Fsp3) is 0.346. The van der Waals surface area contributed by atoms with Gasteiger partial charge in [-0.3, -0.25) is 4.79 Å². The number of nitrogens with zero attached hydrogens (tertiary/aromatic N) is 1. The van der Waals surface area contributed by atoms with Gasteiger partial charge in [0.2, 0.25) is 0 Å². The Labute approximate surface area is 177 Å². The number of Topliss-reactive ketones (excluding diaryl/α,β-unsaturated/α-hetero) is 1. The maximum absolute atomic E-state index is 12.8. The summed E-state index contributed by atoms with van der Waals surface area (Å²) in [5.74, 6) is 2.32. The summed E-state index contributed by atoms with van der Waals surface area (Å²) in [4.78, 5) is 15.3. The highest BCUT2D eigenvalue weighted by Gasteiger charge is 2.24. The van der Waals surface area contributed by atoms with Gasteiger partial charge < -0.3 is 14.4 Å². The number of likely N-dealkylation sites (tertiary alicyclic amines) is 1. The van der Waals surface area contributed by atoms with E-state index in [1.165, 1.54) is 17.5 Å². The molecule has 2 aliphatic heterocycles. The highest BCUT2D eigenvalue weighted by molar-refractivity contribution is 6.00. The molecule has 1 unspecified atom stereocenters. The van der Waals surface area contributed by atoms with Crippen LogP contribution in [0.5, 0.6) is 11.5 Å². The summed E-state index contributed by atoms with van der Waals surface area (Å²) < 4.78 is 11.3. The number of carbonyl (C=O) groups is 1. The van der Waals surface area contributed by atoms with Crippen molar-refractivity contribution in [3.8, 4) is 11.5 Å². The van der Waals surface area contributed by atoms with E-state index >= 15 is 0 Å². The fourth-order valence-electron chi connectivity index (χ4n) is 4.59. The number of fused-ring (bicyclic) bond motifs is 2. The van der Waals surface area contributed by atoms with Gasteiger partial charge in [-0.05, 0) is 60.3 Å². The Balaban J connectivity index is 1.23. The van der Waals surface area contributed by atoms with E-state index in [4.69, 9.17) is 9.47 Å². The molecule has 2 heterocycles. The van der Waals surface area contributed by atoms with Crippen molar-refractivity contribution in [2.24, 2.45) is 0 Å². The lowest BCUT2D eigenvalue weighted by atomic mass is 9.97. The van der Waals surface area contributed by atoms with E-state index in [0.717, 1.165) is 47.5 Å². The molecule has 0 saturated carbocycles. The molecule has 0 aliphatic carbocycles. The highest BCUT2D eigenvalue weighted by Crippen LogP contribution is 2.35. The van der Waals surface area contributed by atoms with Crippen LogP contribution in [-0.2, 0) is 0 Å². The second-order valence-corrected chi connectivity index (χ2v) is 8.43. The molecule has 0 radical (unpaired) electrons. The van der Waals surface area contributed by atoms with Gasteiger partial charge in [0.1, 0.15) is 13.2 Å². The number of hydrogen-bond donors (Lipinski definition) is 0. The Hall–Kier alpha value is -2.85. The number of aryl methyl sites for hydroxylation is 1. The van der Waals surface area contributed by atoms with Crippen LogP contribution in [0, 0.1) is 6.92 Å². The minimum Gasteiger partial charge on any atom is -0.486 e. The first kappa shape index (κ1) is 19.1. The lowest BCUT2D eigenvalue weighted by Gasteiger charge is -2.19. The van der Waals surface area contributed by atoms with Crippen molar-refractivity contribution in [3.63, 3.8) is 0 Å². The van der Waals surface area contributed by atoms with E-state index in [2.05, 4.69) is 36.1 Å². The summed E-state index contributed by atoms with van der Waals surface area (Å²) in [6.45, 7) is 6.21. The topological polar surface area (TPSA) is 38.8 Å². The fourth-order valence-corrected chi connectivity index (χ4v) is 4.59. The molecule has 0 bridgehead atoms. The molecule has 2 aliphatic rings. The van der Waals surface area contributed by atoms with Crippen LogP contribution < -0.4 is 9.47 Å². The van der Waals surface area contributed by atoms with Crippen LogP contribution in [0.15, 0.2) is 54.6 Å². The molecule has 0 spiro atoms. The van der Waals surface area contributed by atoms with E-state index in [-0.39, 0.29) is 5.78 Å². The molecule has 154 valence electrons. The summed E-state index contributed by atoms with van der Waals surface area (Å²) in [6, 6.07) is 18.7. The summed E-state index contributed by atoms with van der Waals surface area (Å²) >= 11 is 0. The van der Waals surface area contributed by atoms with Crippen LogP contribution in [0.1, 0.15) is 40.2 Å². The second kappa shape index (κ2) is 8.11. The normalized spacial score (nSPS) is 18.6. The van der Waals surface area contributed by atoms with Gasteiger partial charge in [-0.15, -0.1) is 0 Å². The van der Waals surface area contributed by atoms with Crippen molar-refractivity contribution in [2.45, 2.75) is 25.7 Å². The van der Waals surface area contributed by atoms with E-state index in [1.807, 2.05) is 30.3 Å². The second-order valence-electron chi connectivity index (χ2n) is 8.43. The summed E-state index contributed by atoms with van der Waals surface area (Å²) in [6.07, 6.45) is 1.72. The minimum absolute atomic E-state index is 0.200. The first-order chi connectivity index (χ1) is 14.7. The standard InChI is InChI=1S/C26H27NO3/c1-18-3-2-4-19(13-18)22-7-9-27(17-22)10-8-24(28)21-6-5-20-15-25-26(16-23(20)14-21)30-12-11-29-25/h2-6,13-16,22H,7-12,17H2,1H3. The average molecular weight is 402 g/mol. The number of ketones is 1. The zero-order chi connectivity index (χ0) is 20.5. The van der Waals surface area contributed by atoms with Crippen molar-refractivity contribution < 1.29 is 14.3 Å². The van der Waals surface area contributed by atoms with Gasteiger partial charge in [-0.1, -0.05) is 42.0 Å². The first-order valence-electron chi connectivity index (χ1n) is 10.8. The lowest BCUT2D eigenvalue weighted by Crippen LogP contribution is -2.23. The van der Waals surface area contributed by atoms with Crippen LogP contribution in [0.3, 0.4) is 0 Å². The molecular weight excluding hydrogens is 374 g/mol. The number of carbonyl (C=O) groups excluding carboxylic acids is 1. The van der Waals surface area contributed by atoms with Crippen LogP contribution >= 0.6 is 0 Å². The third-order valence-electron chi connectivity index (χ3n) is 6.26. The van der Waals surface area contributed by atoms with Crippen LogP contribution in [0.4, 0.5) is 0 Å².